The summed E-state index contributed by atoms with van der Waals surface area (Å²) >= 11 is 8.18. The lowest BCUT2D eigenvalue weighted by Crippen LogP contribution is -2.47. The smallest absolute Gasteiger partial charge is 0.369 e. The van der Waals surface area contributed by atoms with Crippen LogP contribution in [0.1, 0.15) is 89.2 Å². The van der Waals surface area contributed by atoms with Gasteiger partial charge in [0, 0.05) is 29.9 Å². The zero-order valence-electron chi connectivity index (χ0n) is 30.5. The summed E-state index contributed by atoms with van der Waals surface area (Å²) in [5.41, 5.74) is 2.09. The van der Waals surface area contributed by atoms with Crippen LogP contribution in [0, 0.1) is 0 Å². The Kier molecular flexibility index (Phi) is 17.9. The number of fused-ring (bicyclic) bond motifs is 2. The molecule has 11 heteroatoms. The van der Waals surface area contributed by atoms with E-state index in [9.17, 15) is 14.4 Å². The maximum absolute atomic E-state index is 13.3. The molecule has 4 rings (SSSR count). The Morgan fingerprint density at radius 3 is 2.52 bits per heavy atom. The van der Waals surface area contributed by atoms with Crippen molar-refractivity contribution >= 4 is 62.6 Å². The predicted molar refractivity (Wildman–Crippen MR) is 213 cm³/mol. The second kappa shape index (κ2) is 22.8. The van der Waals surface area contributed by atoms with Crippen LogP contribution < -0.4 is 15.5 Å². The number of allylic oxidation sites excluding steroid dienone is 6. The fraction of sp³-hybridized carbons (Fsp3) is 0.463. The third kappa shape index (κ3) is 12.9. The second-order valence-corrected chi connectivity index (χ2v) is 13.9. The van der Waals surface area contributed by atoms with E-state index >= 15 is 0 Å². The van der Waals surface area contributed by atoms with Gasteiger partial charge in [-0.1, -0.05) is 92.4 Å². The third-order valence-corrected chi connectivity index (χ3v) is 9.84. The standard InChI is InChI=1S/C41H53ClN4O5S/c1-3-5-6-7-8-9-10-11-12-13-14-15-16-17-18-23-38(48)51-40(41(49)50-4-2)46-35-30-34(42)31(28-32(35)29-37(46)47)24-25-43-26-27-44-39-33-21-19-20-22-36(33)52-45-39/h5-6,8-9,11-12,19-22,28,30,40,43H,3-4,7,10,13-18,23-27,29H2,1-2H3,(H,44,45)/b6-5-,9-8-,12-11-. The van der Waals surface area contributed by atoms with Gasteiger partial charge in [0.25, 0.3) is 6.23 Å². The maximum Gasteiger partial charge on any atom is 0.369 e. The number of halogens is 1. The molecule has 1 aliphatic rings. The molecule has 0 radical (unpaired) electrons. The van der Waals surface area contributed by atoms with Crippen LogP contribution in [0.3, 0.4) is 0 Å². The van der Waals surface area contributed by atoms with Crippen LogP contribution in [0.2, 0.25) is 5.02 Å². The summed E-state index contributed by atoms with van der Waals surface area (Å²) in [5, 5.41) is 8.41. The number of hydrogen-bond acceptors (Lipinski definition) is 9. The molecule has 0 bridgehead atoms. The first-order valence-corrected chi connectivity index (χ1v) is 19.8. The van der Waals surface area contributed by atoms with E-state index in [-0.39, 0.29) is 25.4 Å². The van der Waals surface area contributed by atoms with E-state index in [4.69, 9.17) is 21.1 Å². The Balaban J connectivity index is 1.19. The highest BCUT2D eigenvalue weighted by molar-refractivity contribution is 7.13. The molecule has 280 valence electrons. The zero-order valence-corrected chi connectivity index (χ0v) is 32.1. The first-order chi connectivity index (χ1) is 25.4. The average molecular weight is 749 g/mol. The van der Waals surface area contributed by atoms with Gasteiger partial charge >= 0.3 is 11.9 Å². The number of anilines is 2. The Bertz CT molecular complexity index is 1690. The molecular weight excluding hydrogens is 696 g/mol. The number of nitrogens with zero attached hydrogens (tertiary/aromatic N) is 2. The number of ether oxygens (including phenoxy) is 2. The first kappa shape index (κ1) is 40.8. The van der Waals surface area contributed by atoms with Crippen molar-refractivity contribution in [2.24, 2.45) is 0 Å². The van der Waals surface area contributed by atoms with E-state index < -0.39 is 18.2 Å². The first-order valence-electron chi connectivity index (χ1n) is 18.7. The largest absolute Gasteiger partial charge is 0.462 e. The van der Waals surface area contributed by atoms with Gasteiger partial charge in [-0.05, 0) is 99.3 Å². The van der Waals surface area contributed by atoms with E-state index in [0.717, 1.165) is 91.5 Å². The molecule has 0 saturated carbocycles. The summed E-state index contributed by atoms with van der Waals surface area (Å²) < 4.78 is 16.5. The number of esters is 2. The SMILES string of the molecule is CC/C=C\C/C=C\C/C=C\CCCCCCCC(=O)OC(C(=O)OCC)N1C(=O)Cc2cc(CCNCCNc3nsc4ccccc34)c(Cl)cc21. The third-order valence-electron chi connectivity index (χ3n) is 8.66. The number of unbranched alkanes of at least 4 members (excludes halogenated alkanes) is 5. The normalized spacial score (nSPS) is 13.5. The van der Waals surface area contributed by atoms with Crippen molar-refractivity contribution in [1.82, 2.24) is 9.69 Å². The minimum atomic E-state index is -1.50. The van der Waals surface area contributed by atoms with Gasteiger partial charge in [-0.3, -0.25) is 14.5 Å². The fourth-order valence-electron chi connectivity index (χ4n) is 5.98. The fourth-order valence-corrected chi connectivity index (χ4v) is 6.99. The van der Waals surface area contributed by atoms with Crippen LogP contribution in [-0.4, -0.2) is 54.7 Å². The lowest BCUT2D eigenvalue weighted by atomic mass is 10.1. The Morgan fingerprint density at radius 1 is 0.962 bits per heavy atom. The molecule has 1 aromatic heterocycles. The summed E-state index contributed by atoms with van der Waals surface area (Å²) in [6.45, 7) is 6.04. The molecule has 0 aliphatic carbocycles. The minimum absolute atomic E-state index is 0.0778. The number of benzene rings is 2. The molecule has 0 spiro atoms. The van der Waals surface area contributed by atoms with E-state index in [1.165, 1.54) is 16.4 Å². The number of carbonyl (C=O) groups is 3. The molecule has 52 heavy (non-hydrogen) atoms. The van der Waals surface area contributed by atoms with Crippen molar-refractivity contribution in [1.29, 1.82) is 0 Å². The second-order valence-electron chi connectivity index (χ2n) is 12.7. The van der Waals surface area contributed by atoms with Crippen molar-refractivity contribution in [2.75, 3.05) is 36.5 Å². The lowest BCUT2D eigenvalue weighted by Gasteiger charge is -2.26. The van der Waals surface area contributed by atoms with Crippen LogP contribution in [0.5, 0.6) is 0 Å². The van der Waals surface area contributed by atoms with Crippen LogP contribution in [0.25, 0.3) is 10.1 Å². The molecule has 0 fully saturated rings. The zero-order chi connectivity index (χ0) is 37.0. The van der Waals surface area contributed by atoms with Gasteiger partial charge in [0.05, 0.1) is 23.4 Å². The molecule has 2 heterocycles. The molecule has 1 aliphatic heterocycles. The van der Waals surface area contributed by atoms with Crippen LogP contribution in [0.15, 0.2) is 72.9 Å². The van der Waals surface area contributed by atoms with Gasteiger partial charge in [0.1, 0.15) is 5.82 Å². The van der Waals surface area contributed by atoms with Gasteiger partial charge in [-0.25, -0.2) is 4.79 Å². The summed E-state index contributed by atoms with van der Waals surface area (Å²) in [4.78, 5) is 40.4. The molecular formula is C41H53ClN4O5S. The Hall–Kier alpha value is -3.99. The molecule has 3 aromatic rings. The predicted octanol–water partition coefficient (Wildman–Crippen LogP) is 9.10. The highest BCUT2D eigenvalue weighted by Crippen LogP contribution is 2.36. The number of carbonyl (C=O) groups excluding carboxylic acids is 3. The highest BCUT2D eigenvalue weighted by atomic mass is 35.5. The van der Waals surface area contributed by atoms with Gasteiger partial charge in [0.2, 0.25) is 5.91 Å². The number of hydrogen-bond donors (Lipinski definition) is 2. The van der Waals surface area contributed by atoms with E-state index in [0.29, 0.717) is 30.1 Å². The quantitative estimate of drug-likeness (QED) is 0.0531. The summed E-state index contributed by atoms with van der Waals surface area (Å²) in [5.74, 6) is -0.767. The molecule has 2 aromatic carbocycles. The Morgan fingerprint density at radius 2 is 1.71 bits per heavy atom. The summed E-state index contributed by atoms with van der Waals surface area (Å²) in [6, 6.07) is 11.7. The highest BCUT2D eigenvalue weighted by Gasteiger charge is 2.41. The number of rotatable bonds is 24. The summed E-state index contributed by atoms with van der Waals surface area (Å²) in [7, 11) is 0. The van der Waals surface area contributed by atoms with Crippen molar-refractivity contribution in [2.45, 2.75) is 97.1 Å². The van der Waals surface area contributed by atoms with Gasteiger partial charge < -0.3 is 20.1 Å². The Labute approximate surface area is 317 Å². The molecule has 1 atom stereocenters. The van der Waals surface area contributed by atoms with E-state index in [2.05, 4.69) is 70.5 Å². The van der Waals surface area contributed by atoms with E-state index in [1.807, 2.05) is 18.2 Å². The van der Waals surface area contributed by atoms with Crippen molar-refractivity contribution in [3.8, 4) is 0 Å². The van der Waals surface area contributed by atoms with Crippen LogP contribution in [0.4, 0.5) is 11.5 Å². The van der Waals surface area contributed by atoms with Gasteiger partial charge in [-0.2, -0.15) is 4.37 Å². The van der Waals surface area contributed by atoms with Crippen molar-refractivity contribution in [3.63, 3.8) is 0 Å². The maximum atomic E-state index is 13.3. The summed E-state index contributed by atoms with van der Waals surface area (Å²) in [6.07, 6.45) is 21.4. The molecule has 1 unspecified atom stereocenters. The van der Waals surface area contributed by atoms with Crippen molar-refractivity contribution in [3.05, 3.63) is 89.0 Å². The molecule has 0 saturated heterocycles. The van der Waals surface area contributed by atoms with E-state index in [1.54, 1.807) is 13.0 Å². The average Bonchev–Trinajstić information content (AvgIpc) is 3.69. The van der Waals surface area contributed by atoms with Gasteiger partial charge in [0.15, 0.2) is 0 Å². The minimum Gasteiger partial charge on any atom is -0.462 e. The van der Waals surface area contributed by atoms with Gasteiger partial charge in [-0.15, -0.1) is 0 Å². The number of aromatic nitrogens is 1. The lowest BCUT2D eigenvalue weighted by molar-refractivity contribution is -0.168. The molecule has 9 nitrogen and oxygen atoms in total. The number of nitrogens with one attached hydrogen (secondary N) is 2. The topological polar surface area (TPSA) is 110 Å². The number of amides is 1. The monoisotopic (exact) mass is 748 g/mol. The van der Waals surface area contributed by atoms with Crippen LogP contribution in [-0.2, 0) is 36.7 Å². The van der Waals surface area contributed by atoms with Crippen LogP contribution >= 0.6 is 23.1 Å². The van der Waals surface area contributed by atoms with Crippen molar-refractivity contribution < 1.29 is 23.9 Å². The molecule has 1 amide bonds. The molecule has 2 N–H and O–H groups in total.